The van der Waals surface area contributed by atoms with Gasteiger partial charge in [-0.1, -0.05) is 19.9 Å². The van der Waals surface area contributed by atoms with Crippen LogP contribution in [0.1, 0.15) is 54.1 Å². The van der Waals surface area contributed by atoms with Crippen LogP contribution in [-0.4, -0.2) is 58.0 Å². The Morgan fingerprint density at radius 3 is 2.76 bits per heavy atom. The van der Waals surface area contributed by atoms with E-state index < -0.39 is 6.61 Å². The van der Waals surface area contributed by atoms with Crippen LogP contribution in [0.2, 0.25) is 0 Å². The van der Waals surface area contributed by atoms with E-state index in [4.69, 9.17) is 19.4 Å². The summed E-state index contributed by atoms with van der Waals surface area (Å²) >= 11 is 0. The lowest BCUT2D eigenvalue weighted by Crippen LogP contribution is -2.23. The van der Waals surface area contributed by atoms with E-state index in [0.29, 0.717) is 42.0 Å². The number of hydrogen-bond donors (Lipinski definition) is 0. The second-order valence-electron chi connectivity index (χ2n) is 9.24. The number of carbonyl (C=O) groups excluding carboxylic acids is 1. The molecule has 8 nitrogen and oxygen atoms in total. The third kappa shape index (κ3) is 4.42. The van der Waals surface area contributed by atoms with Gasteiger partial charge < -0.3 is 9.47 Å². The van der Waals surface area contributed by atoms with Crippen LogP contribution in [0, 0.1) is 0 Å². The lowest BCUT2D eigenvalue weighted by molar-refractivity contribution is -0.0498. The van der Waals surface area contributed by atoms with Gasteiger partial charge in [0.1, 0.15) is 22.8 Å². The molecule has 2 unspecified atom stereocenters. The number of para-hydroxylation sites is 1. The van der Waals surface area contributed by atoms with Gasteiger partial charge in [0.05, 0.1) is 24.0 Å². The number of rotatable bonds is 8. The van der Waals surface area contributed by atoms with Crippen molar-refractivity contribution >= 4 is 17.5 Å². The minimum atomic E-state index is -3.07. The molecule has 1 aliphatic heterocycles. The van der Waals surface area contributed by atoms with Gasteiger partial charge in [-0.25, -0.2) is 9.97 Å². The van der Waals surface area contributed by atoms with Gasteiger partial charge >= 0.3 is 6.61 Å². The number of nitrogens with zero attached hydrogens (tertiary/aromatic N) is 5. The number of ether oxygens (including phenoxy) is 2. The zero-order chi connectivity index (χ0) is 26.3. The molecule has 0 N–H and O–H groups in total. The summed E-state index contributed by atoms with van der Waals surface area (Å²) in [6.45, 7) is 1.57. The Balaban J connectivity index is 1.78. The first-order valence-electron chi connectivity index (χ1n) is 12.0. The van der Waals surface area contributed by atoms with Crippen LogP contribution >= 0.6 is 0 Å². The molecule has 5 rings (SSSR count). The summed E-state index contributed by atoms with van der Waals surface area (Å²) < 4.78 is 39.1. The number of aldehydes is 1. The molecular formula is C27H27F2N5O3. The van der Waals surface area contributed by atoms with Crippen molar-refractivity contribution in [2.75, 3.05) is 20.7 Å². The quantitative estimate of drug-likeness (QED) is 0.295. The van der Waals surface area contributed by atoms with Crippen molar-refractivity contribution in [2.45, 2.75) is 38.8 Å². The van der Waals surface area contributed by atoms with Crippen LogP contribution < -0.4 is 9.47 Å². The van der Waals surface area contributed by atoms with Crippen LogP contribution in [0.5, 0.6) is 11.5 Å². The van der Waals surface area contributed by atoms with Crippen molar-refractivity contribution in [3.05, 3.63) is 59.7 Å². The van der Waals surface area contributed by atoms with Gasteiger partial charge in [0, 0.05) is 23.2 Å². The maximum absolute atomic E-state index is 13.4. The van der Waals surface area contributed by atoms with E-state index in [1.165, 1.54) is 12.1 Å². The summed E-state index contributed by atoms with van der Waals surface area (Å²) in [7, 11) is 3.83. The predicted molar refractivity (Wildman–Crippen MR) is 135 cm³/mol. The molecule has 0 aliphatic carbocycles. The minimum absolute atomic E-state index is 0.137. The molecule has 0 amide bonds. The van der Waals surface area contributed by atoms with Crippen molar-refractivity contribution in [1.29, 1.82) is 0 Å². The van der Waals surface area contributed by atoms with Crippen LogP contribution in [0.3, 0.4) is 0 Å². The highest BCUT2D eigenvalue weighted by Crippen LogP contribution is 2.37. The molecule has 3 aromatic heterocycles. The van der Waals surface area contributed by atoms with Crippen LogP contribution in [0.4, 0.5) is 8.78 Å². The number of halogens is 2. The third-order valence-electron chi connectivity index (χ3n) is 6.57. The molecule has 0 radical (unpaired) electrons. The number of pyridine rings is 2. The lowest BCUT2D eigenvalue weighted by Gasteiger charge is -2.24. The van der Waals surface area contributed by atoms with Crippen LogP contribution in [0.15, 0.2) is 42.6 Å². The Labute approximate surface area is 212 Å². The zero-order valence-corrected chi connectivity index (χ0v) is 21.0. The van der Waals surface area contributed by atoms with E-state index in [2.05, 4.69) is 11.9 Å². The number of benzene rings is 1. The summed E-state index contributed by atoms with van der Waals surface area (Å²) in [5.74, 6) is 1.36. The van der Waals surface area contributed by atoms with Crippen molar-refractivity contribution in [1.82, 2.24) is 24.4 Å². The number of fused-ring (bicyclic) bond motifs is 2. The van der Waals surface area contributed by atoms with Crippen molar-refractivity contribution in [3.63, 3.8) is 0 Å². The summed E-state index contributed by atoms with van der Waals surface area (Å²) in [6, 6.07) is 9.85. The van der Waals surface area contributed by atoms with Crippen molar-refractivity contribution in [3.8, 4) is 28.4 Å². The standard InChI is InChI=1S/C27H27F2N5O3/c1-5-20(33(3)4)26-32-19-10-9-18(17-11-22-23(30-12-17)15(2)14-36-22)31-25(19)34(26)24-16(13-35)7-6-8-21(24)37-27(28)29/h6-13,15,20,27H,5,14H2,1-4H3. The molecule has 0 bridgehead atoms. The summed E-state index contributed by atoms with van der Waals surface area (Å²) in [5, 5.41) is 0. The fourth-order valence-corrected chi connectivity index (χ4v) is 4.80. The average molecular weight is 508 g/mol. The Hall–Kier alpha value is -3.92. The zero-order valence-electron chi connectivity index (χ0n) is 21.0. The highest BCUT2D eigenvalue weighted by Gasteiger charge is 2.27. The van der Waals surface area contributed by atoms with E-state index in [1.54, 1.807) is 16.8 Å². The second kappa shape index (κ2) is 9.85. The third-order valence-corrected chi connectivity index (χ3v) is 6.57. The van der Waals surface area contributed by atoms with E-state index in [1.807, 2.05) is 44.1 Å². The van der Waals surface area contributed by atoms with Gasteiger partial charge in [0.25, 0.3) is 0 Å². The monoisotopic (exact) mass is 507 g/mol. The highest BCUT2D eigenvalue weighted by molar-refractivity contribution is 5.87. The topological polar surface area (TPSA) is 82.4 Å². The molecule has 0 saturated heterocycles. The molecule has 1 aromatic carbocycles. The van der Waals surface area contributed by atoms with E-state index in [0.717, 1.165) is 17.0 Å². The van der Waals surface area contributed by atoms with Gasteiger partial charge in [-0.2, -0.15) is 8.78 Å². The lowest BCUT2D eigenvalue weighted by atomic mass is 10.1. The van der Waals surface area contributed by atoms with Crippen LogP contribution in [-0.2, 0) is 0 Å². The van der Waals surface area contributed by atoms with Gasteiger partial charge in [0.15, 0.2) is 17.7 Å². The molecule has 4 heterocycles. The molecule has 1 aliphatic rings. The fourth-order valence-electron chi connectivity index (χ4n) is 4.80. The second-order valence-corrected chi connectivity index (χ2v) is 9.24. The largest absolute Gasteiger partial charge is 0.491 e. The van der Waals surface area contributed by atoms with Crippen LogP contribution in [0.25, 0.3) is 28.1 Å². The number of aromatic nitrogens is 4. The smallest absolute Gasteiger partial charge is 0.387 e. The molecule has 192 valence electrons. The SMILES string of the molecule is CCC(c1nc2ccc(-c3cnc4c(c3)OCC4C)nc2n1-c1c(C=O)cccc1OC(F)F)N(C)C. The number of carbonyl (C=O) groups is 1. The Morgan fingerprint density at radius 1 is 1.24 bits per heavy atom. The van der Waals surface area contributed by atoms with E-state index >= 15 is 0 Å². The van der Waals surface area contributed by atoms with Crippen molar-refractivity contribution < 1.29 is 23.0 Å². The Kier molecular flexibility index (Phi) is 6.59. The molecule has 0 saturated carbocycles. The summed E-state index contributed by atoms with van der Waals surface area (Å²) in [4.78, 5) is 28.4. The van der Waals surface area contributed by atoms with Crippen molar-refractivity contribution in [2.24, 2.45) is 0 Å². The maximum atomic E-state index is 13.4. The van der Waals surface area contributed by atoms with Gasteiger partial charge in [-0.05, 0) is 50.8 Å². The first-order chi connectivity index (χ1) is 17.8. The number of imidazole rings is 1. The van der Waals surface area contributed by atoms with E-state index in [-0.39, 0.29) is 29.0 Å². The fraction of sp³-hybridized carbons (Fsp3) is 0.333. The molecule has 2 atom stereocenters. The average Bonchev–Trinajstić information content (AvgIpc) is 3.43. The number of alkyl halides is 2. The minimum Gasteiger partial charge on any atom is -0.491 e. The van der Waals surface area contributed by atoms with Gasteiger partial charge in [-0.3, -0.25) is 19.2 Å². The molecule has 10 heteroatoms. The van der Waals surface area contributed by atoms with Gasteiger partial charge in [0.2, 0.25) is 0 Å². The van der Waals surface area contributed by atoms with Gasteiger partial charge in [-0.15, -0.1) is 0 Å². The molecule has 4 aromatic rings. The maximum Gasteiger partial charge on any atom is 0.387 e. The molecular weight excluding hydrogens is 480 g/mol. The van der Waals surface area contributed by atoms with E-state index in [9.17, 15) is 13.6 Å². The normalized spacial score (nSPS) is 15.7. The Bertz CT molecular complexity index is 1470. The highest BCUT2D eigenvalue weighted by atomic mass is 19.3. The number of hydrogen-bond acceptors (Lipinski definition) is 7. The molecule has 37 heavy (non-hydrogen) atoms. The predicted octanol–water partition coefficient (Wildman–Crippen LogP) is 5.41. The first kappa shape index (κ1) is 24.8. The Morgan fingerprint density at radius 2 is 2.05 bits per heavy atom. The molecule has 0 fully saturated rings. The summed E-state index contributed by atoms with van der Waals surface area (Å²) in [6.07, 6.45) is 3.05. The summed E-state index contributed by atoms with van der Waals surface area (Å²) in [5.41, 5.74) is 3.58. The molecule has 0 spiro atoms. The first-order valence-corrected chi connectivity index (χ1v) is 12.0.